The first-order chi connectivity index (χ1) is 8.20. The number of unbranched alkanes of at least 4 members (excludes halogenated alkanes) is 1. The van der Waals surface area contributed by atoms with Gasteiger partial charge in [-0.2, -0.15) is 0 Å². The van der Waals surface area contributed by atoms with Gasteiger partial charge < -0.3 is 4.90 Å². The SMILES string of the molecule is C=CC(=C)N(CCCCC(=C)C(C)C)C(C)(C)C. The van der Waals surface area contributed by atoms with Crippen LogP contribution < -0.4 is 0 Å². The summed E-state index contributed by atoms with van der Waals surface area (Å²) in [6.45, 7) is 24.1. The van der Waals surface area contributed by atoms with Gasteiger partial charge >= 0.3 is 0 Å². The molecule has 0 radical (unpaired) electrons. The van der Waals surface area contributed by atoms with Crippen molar-refractivity contribution in [3.63, 3.8) is 0 Å². The third kappa shape index (κ3) is 6.09. The van der Waals surface area contributed by atoms with Crippen molar-refractivity contribution in [3.05, 3.63) is 37.1 Å². The van der Waals surface area contributed by atoms with Crippen LogP contribution in [-0.2, 0) is 0 Å². The fourth-order valence-electron chi connectivity index (χ4n) is 1.93. The number of hydrogen-bond donors (Lipinski definition) is 0. The van der Waals surface area contributed by atoms with Crippen LogP contribution in [0.15, 0.2) is 37.1 Å². The summed E-state index contributed by atoms with van der Waals surface area (Å²) in [6.07, 6.45) is 5.36. The molecule has 0 aliphatic carbocycles. The Morgan fingerprint density at radius 3 is 2.11 bits per heavy atom. The molecule has 0 bridgehead atoms. The highest BCUT2D eigenvalue weighted by Gasteiger charge is 2.20. The van der Waals surface area contributed by atoms with Crippen molar-refractivity contribution < 1.29 is 0 Å². The lowest BCUT2D eigenvalue weighted by molar-refractivity contribution is 0.189. The average molecular weight is 249 g/mol. The lowest BCUT2D eigenvalue weighted by Crippen LogP contribution is -2.40. The fraction of sp³-hybridized carbons (Fsp3) is 0.647. The van der Waals surface area contributed by atoms with Crippen LogP contribution in [0.1, 0.15) is 53.9 Å². The number of hydrogen-bond acceptors (Lipinski definition) is 1. The molecule has 0 atom stereocenters. The van der Waals surface area contributed by atoms with E-state index in [9.17, 15) is 0 Å². The first-order valence-corrected chi connectivity index (χ1v) is 6.96. The van der Waals surface area contributed by atoms with Gasteiger partial charge in [0.05, 0.1) is 0 Å². The van der Waals surface area contributed by atoms with E-state index in [1.165, 1.54) is 18.4 Å². The maximum absolute atomic E-state index is 4.12. The van der Waals surface area contributed by atoms with Crippen molar-refractivity contribution in [3.8, 4) is 0 Å². The van der Waals surface area contributed by atoms with Crippen LogP contribution in [0.3, 0.4) is 0 Å². The lowest BCUT2D eigenvalue weighted by Gasteiger charge is -2.38. The second kappa shape index (κ2) is 7.45. The maximum atomic E-state index is 4.12. The summed E-state index contributed by atoms with van der Waals surface area (Å²) in [6, 6.07) is 0. The van der Waals surface area contributed by atoms with Crippen LogP contribution in [0.2, 0.25) is 0 Å². The number of allylic oxidation sites excluding steroid dienone is 2. The van der Waals surface area contributed by atoms with Gasteiger partial charge in [-0.1, -0.05) is 39.2 Å². The molecule has 0 saturated carbocycles. The van der Waals surface area contributed by atoms with E-state index < -0.39 is 0 Å². The predicted molar refractivity (Wildman–Crippen MR) is 83.6 cm³/mol. The number of nitrogens with zero attached hydrogens (tertiary/aromatic N) is 1. The molecule has 0 aromatic rings. The van der Waals surface area contributed by atoms with Gasteiger partial charge in [-0.3, -0.25) is 0 Å². The van der Waals surface area contributed by atoms with Crippen LogP contribution >= 0.6 is 0 Å². The molecule has 1 heteroatoms. The van der Waals surface area contributed by atoms with Gasteiger partial charge in [-0.15, -0.1) is 0 Å². The molecule has 0 fully saturated rings. The van der Waals surface area contributed by atoms with Crippen molar-refractivity contribution in [2.75, 3.05) is 6.54 Å². The number of rotatable bonds is 8. The Balaban J connectivity index is 4.18. The van der Waals surface area contributed by atoms with Crippen molar-refractivity contribution in [2.24, 2.45) is 5.92 Å². The van der Waals surface area contributed by atoms with Gasteiger partial charge in [0.1, 0.15) is 0 Å². The van der Waals surface area contributed by atoms with Crippen LogP contribution in [0.5, 0.6) is 0 Å². The third-order valence-corrected chi connectivity index (χ3v) is 3.34. The Morgan fingerprint density at radius 1 is 1.17 bits per heavy atom. The summed E-state index contributed by atoms with van der Waals surface area (Å²) >= 11 is 0. The third-order valence-electron chi connectivity index (χ3n) is 3.34. The van der Waals surface area contributed by atoms with Crippen LogP contribution in [0.4, 0.5) is 0 Å². The van der Waals surface area contributed by atoms with Gasteiger partial charge in [0, 0.05) is 17.8 Å². The van der Waals surface area contributed by atoms with E-state index in [-0.39, 0.29) is 5.54 Å². The molecule has 0 aliphatic rings. The van der Waals surface area contributed by atoms with Gasteiger partial charge in [-0.25, -0.2) is 0 Å². The summed E-state index contributed by atoms with van der Waals surface area (Å²) in [5.41, 5.74) is 2.49. The molecular formula is C17H31N. The minimum atomic E-state index is 0.111. The molecule has 104 valence electrons. The topological polar surface area (TPSA) is 3.24 Å². The minimum Gasteiger partial charge on any atom is -0.367 e. The molecule has 0 unspecified atom stereocenters. The smallest absolute Gasteiger partial charge is 0.0317 e. The summed E-state index contributed by atoms with van der Waals surface area (Å²) in [4.78, 5) is 2.33. The van der Waals surface area contributed by atoms with Crippen LogP contribution in [-0.4, -0.2) is 17.0 Å². The maximum Gasteiger partial charge on any atom is 0.0317 e. The standard InChI is InChI=1S/C17H31N/c1-9-16(5)18(17(6,7)8)13-11-10-12-15(4)14(2)3/h9,14H,1,4-5,10-13H2,2-3,6-8H3. The van der Waals surface area contributed by atoms with Crippen LogP contribution in [0, 0.1) is 5.92 Å². The van der Waals surface area contributed by atoms with E-state index >= 15 is 0 Å². The normalized spacial score (nSPS) is 11.4. The van der Waals surface area contributed by atoms with Crippen molar-refractivity contribution in [1.29, 1.82) is 0 Å². The zero-order chi connectivity index (χ0) is 14.3. The second-order valence-corrected chi connectivity index (χ2v) is 6.29. The molecule has 18 heavy (non-hydrogen) atoms. The van der Waals surface area contributed by atoms with Gasteiger partial charge in [0.25, 0.3) is 0 Å². The van der Waals surface area contributed by atoms with E-state index in [1.54, 1.807) is 0 Å². The Hall–Kier alpha value is -0.980. The highest BCUT2D eigenvalue weighted by atomic mass is 15.2. The largest absolute Gasteiger partial charge is 0.367 e. The first kappa shape index (κ1) is 17.0. The zero-order valence-electron chi connectivity index (χ0n) is 13.1. The average Bonchev–Trinajstić information content (AvgIpc) is 2.25. The molecular weight excluding hydrogens is 218 g/mol. The molecule has 0 saturated heterocycles. The second-order valence-electron chi connectivity index (χ2n) is 6.29. The quantitative estimate of drug-likeness (QED) is 0.326. The fourth-order valence-corrected chi connectivity index (χ4v) is 1.93. The molecule has 0 aliphatic heterocycles. The zero-order valence-corrected chi connectivity index (χ0v) is 13.1. The molecule has 0 amide bonds. The summed E-state index contributed by atoms with van der Waals surface area (Å²) in [5, 5.41) is 0. The molecule has 0 N–H and O–H groups in total. The highest BCUT2D eigenvalue weighted by Crippen LogP contribution is 2.21. The minimum absolute atomic E-state index is 0.111. The van der Waals surface area contributed by atoms with Crippen molar-refractivity contribution in [2.45, 2.75) is 59.4 Å². The van der Waals surface area contributed by atoms with Gasteiger partial charge in [0.15, 0.2) is 0 Å². The van der Waals surface area contributed by atoms with E-state index in [0.717, 1.165) is 18.7 Å². The Labute approximate surface area is 114 Å². The van der Waals surface area contributed by atoms with Crippen molar-refractivity contribution >= 4 is 0 Å². The van der Waals surface area contributed by atoms with Crippen molar-refractivity contribution in [1.82, 2.24) is 4.90 Å². The molecule has 0 heterocycles. The predicted octanol–water partition coefficient (Wildman–Crippen LogP) is 5.17. The molecule has 1 nitrogen and oxygen atoms in total. The monoisotopic (exact) mass is 249 g/mol. The molecule has 0 rings (SSSR count). The van der Waals surface area contributed by atoms with Crippen LogP contribution in [0.25, 0.3) is 0 Å². The van der Waals surface area contributed by atoms with E-state index in [0.29, 0.717) is 5.92 Å². The summed E-state index contributed by atoms with van der Waals surface area (Å²) < 4.78 is 0. The molecule has 0 aromatic heterocycles. The lowest BCUT2D eigenvalue weighted by atomic mass is 9.98. The summed E-state index contributed by atoms with van der Waals surface area (Å²) in [7, 11) is 0. The van der Waals surface area contributed by atoms with E-state index in [4.69, 9.17) is 0 Å². The molecule has 0 aromatic carbocycles. The van der Waals surface area contributed by atoms with Gasteiger partial charge in [0.2, 0.25) is 0 Å². The van der Waals surface area contributed by atoms with E-state index in [1.807, 2.05) is 6.08 Å². The summed E-state index contributed by atoms with van der Waals surface area (Å²) in [5.74, 6) is 0.604. The highest BCUT2D eigenvalue weighted by molar-refractivity contribution is 5.12. The Kier molecular flexibility index (Phi) is 7.05. The van der Waals surface area contributed by atoms with Gasteiger partial charge in [-0.05, 0) is 52.0 Å². The Bertz CT molecular complexity index is 291. The van der Waals surface area contributed by atoms with E-state index in [2.05, 4.69) is 59.3 Å². The Morgan fingerprint density at radius 2 is 1.72 bits per heavy atom. The first-order valence-electron chi connectivity index (χ1n) is 6.96. The molecule has 0 spiro atoms.